The third-order valence-electron chi connectivity index (χ3n) is 6.98. The maximum Gasteiger partial charge on any atom is 0.157 e. The Kier molecular flexibility index (Phi) is 2.87. The standard InChI is InChI=1S/C15H21Br2ClO3/c1-11(2)14-5-7(16)12(3,18)6-8(14)20-15(11,17)9(19)10-13(14,4)21-10/h7-10,19H,5-6H2,1-4H3/t7?,8?,9-,10-,12?,13-,14?,15?/m1/s1. The second-order valence-electron chi connectivity index (χ2n) is 8.09. The van der Waals surface area contributed by atoms with Crippen LogP contribution in [0.3, 0.4) is 0 Å². The average molecular weight is 445 g/mol. The summed E-state index contributed by atoms with van der Waals surface area (Å²) >= 11 is 14.3. The van der Waals surface area contributed by atoms with Crippen LogP contribution < -0.4 is 0 Å². The Hall–Kier alpha value is 1.13. The monoisotopic (exact) mass is 442 g/mol. The van der Waals surface area contributed by atoms with Crippen LogP contribution in [0.15, 0.2) is 0 Å². The number of ether oxygens (including phenoxy) is 2. The minimum Gasteiger partial charge on any atom is -0.386 e. The number of alkyl halides is 3. The van der Waals surface area contributed by atoms with Gasteiger partial charge in [-0.1, -0.05) is 45.7 Å². The fourth-order valence-electron chi connectivity index (χ4n) is 5.48. The van der Waals surface area contributed by atoms with Gasteiger partial charge in [-0.15, -0.1) is 11.6 Å². The van der Waals surface area contributed by atoms with Crippen molar-refractivity contribution in [3.05, 3.63) is 0 Å². The molecule has 2 aliphatic carbocycles. The topological polar surface area (TPSA) is 42.0 Å². The maximum atomic E-state index is 10.8. The van der Waals surface area contributed by atoms with Gasteiger partial charge in [0.25, 0.3) is 0 Å². The first kappa shape index (κ1) is 15.6. The zero-order valence-corrected chi connectivity index (χ0v) is 16.5. The van der Waals surface area contributed by atoms with E-state index in [2.05, 4.69) is 59.6 Å². The lowest BCUT2D eigenvalue weighted by molar-refractivity contribution is -0.0937. The number of hydrogen-bond donors (Lipinski definition) is 1. The van der Waals surface area contributed by atoms with Gasteiger partial charge in [-0.3, -0.25) is 0 Å². The summed E-state index contributed by atoms with van der Waals surface area (Å²) in [5.41, 5.74) is -0.755. The quantitative estimate of drug-likeness (QED) is 0.459. The molecule has 5 unspecified atom stereocenters. The molecule has 21 heavy (non-hydrogen) atoms. The number of fused-ring (bicyclic) bond motifs is 2. The summed E-state index contributed by atoms with van der Waals surface area (Å²) in [6.45, 7) is 8.56. The van der Waals surface area contributed by atoms with Gasteiger partial charge in [-0.2, -0.15) is 0 Å². The molecule has 0 radical (unpaired) electrons. The van der Waals surface area contributed by atoms with Crippen molar-refractivity contribution in [1.82, 2.24) is 0 Å². The normalized spacial score (nSPS) is 67.4. The van der Waals surface area contributed by atoms with Crippen LogP contribution in [-0.4, -0.2) is 43.2 Å². The summed E-state index contributed by atoms with van der Waals surface area (Å²) in [4.78, 5) is -0.156. The van der Waals surface area contributed by atoms with Crippen LogP contribution in [0.2, 0.25) is 0 Å². The van der Waals surface area contributed by atoms with Crippen LogP contribution in [0.4, 0.5) is 0 Å². The number of hydrogen-bond acceptors (Lipinski definition) is 3. The predicted molar refractivity (Wildman–Crippen MR) is 88.2 cm³/mol. The first-order chi connectivity index (χ1) is 9.44. The van der Waals surface area contributed by atoms with E-state index in [1.807, 2.05) is 0 Å². The van der Waals surface area contributed by atoms with Crippen molar-refractivity contribution in [2.75, 3.05) is 0 Å². The molecule has 2 aliphatic heterocycles. The molecule has 2 bridgehead atoms. The Bertz CT molecular complexity index is 527. The lowest BCUT2D eigenvalue weighted by Gasteiger charge is -2.57. The molecular formula is C15H21Br2ClO3. The molecule has 4 fully saturated rings. The van der Waals surface area contributed by atoms with Gasteiger partial charge in [0.2, 0.25) is 0 Å². The van der Waals surface area contributed by atoms with Gasteiger partial charge >= 0.3 is 0 Å². The molecule has 3 nitrogen and oxygen atoms in total. The molecule has 1 spiro atoms. The van der Waals surface area contributed by atoms with Crippen LogP contribution >= 0.6 is 43.5 Å². The number of halogens is 3. The van der Waals surface area contributed by atoms with E-state index in [1.165, 1.54) is 0 Å². The third kappa shape index (κ3) is 1.41. The third-order valence-corrected chi connectivity index (χ3v) is 10.6. The molecule has 0 amide bonds. The van der Waals surface area contributed by atoms with Crippen molar-refractivity contribution in [2.45, 2.75) is 78.7 Å². The minimum atomic E-state index is -0.768. The number of aliphatic hydroxyl groups excluding tert-OH is 1. The first-order valence-corrected chi connectivity index (χ1v) is 9.58. The summed E-state index contributed by atoms with van der Waals surface area (Å²) in [5, 5.41) is 10.8. The average Bonchev–Trinajstić information content (AvgIpc) is 3.00. The molecule has 4 rings (SSSR count). The highest BCUT2D eigenvalue weighted by molar-refractivity contribution is 9.10. The summed E-state index contributed by atoms with van der Waals surface area (Å²) in [7, 11) is 0. The van der Waals surface area contributed by atoms with Gasteiger partial charge in [-0.05, 0) is 26.7 Å². The zero-order valence-electron chi connectivity index (χ0n) is 12.6. The Balaban J connectivity index is 1.92. The van der Waals surface area contributed by atoms with Crippen LogP contribution in [0, 0.1) is 10.8 Å². The SMILES string of the molecule is CC1(Cl)CC2OC3(Br)[C@H](O)[C@H]4O[C@@]4(C)C2(CC1Br)C3(C)C. The highest BCUT2D eigenvalue weighted by Gasteiger charge is 2.89. The van der Waals surface area contributed by atoms with Gasteiger partial charge < -0.3 is 14.6 Å². The van der Waals surface area contributed by atoms with Gasteiger partial charge in [0.15, 0.2) is 4.51 Å². The van der Waals surface area contributed by atoms with Gasteiger partial charge in [-0.25, -0.2) is 0 Å². The second-order valence-corrected chi connectivity index (χ2v) is 11.2. The Morgan fingerprint density at radius 1 is 1.14 bits per heavy atom. The molecule has 0 aromatic rings. The largest absolute Gasteiger partial charge is 0.386 e. The van der Waals surface area contributed by atoms with Crippen LogP contribution in [0.5, 0.6) is 0 Å². The van der Waals surface area contributed by atoms with Crippen molar-refractivity contribution >= 4 is 43.5 Å². The molecule has 2 saturated heterocycles. The summed E-state index contributed by atoms with van der Waals surface area (Å²) in [5.74, 6) is 0. The fraction of sp³-hybridized carbons (Fsp3) is 1.00. The molecule has 6 heteroatoms. The smallest absolute Gasteiger partial charge is 0.157 e. The highest BCUT2D eigenvalue weighted by atomic mass is 79.9. The summed E-state index contributed by atoms with van der Waals surface area (Å²) < 4.78 is 11.7. The summed E-state index contributed by atoms with van der Waals surface area (Å²) in [6.07, 6.45) is 0.797. The van der Waals surface area contributed by atoms with E-state index in [1.54, 1.807) is 0 Å². The Morgan fingerprint density at radius 2 is 1.76 bits per heavy atom. The second kappa shape index (κ2) is 3.85. The summed E-state index contributed by atoms with van der Waals surface area (Å²) in [6, 6.07) is 0. The molecule has 0 aromatic carbocycles. The van der Waals surface area contributed by atoms with Crippen molar-refractivity contribution in [2.24, 2.45) is 10.8 Å². The number of aliphatic hydroxyl groups is 1. The number of rotatable bonds is 0. The van der Waals surface area contributed by atoms with Crippen molar-refractivity contribution in [3.63, 3.8) is 0 Å². The molecule has 120 valence electrons. The van der Waals surface area contributed by atoms with Crippen molar-refractivity contribution in [1.29, 1.82) is 0 Å². The highest BCUT2D eigenvalue weighted by Crippen LogP contribution is 2.80. The van der Waals surface area contributed by atoms with Crippen LogP contribution in [-0.2, 0) is 9.47 Å². The van der Waals surface area contributed by atoms with E-state index in [9.17, 15) is 5.11 Å². The van der Waals surface area contributed by atoms with Crippen molar-refractivity contribution < 1.29 is 14.6 Å². The Morgan fingerprint density at radius 3 is 2.38 bits per heavy atom. The molecule has 8 atom stereocenters. The molecule has 0 aromatic heterocycles. The van der Waals surface area contributed by atoms with Gasteiger partial charge in [0.1, 0.15) is 17.8 Å². The lowest BCUT2D eigenvalue weighted by atomic mass is 9.47. The zero-order chi connectivity index (χ0) is 15.6. The lowest BCUT2D eigenvalue weighted by Crippen LogP contribution is -2.66. The number of epoxide rings is 1. The minimum absolute atomic E-state index is 0.0182. The molecule has 2 saturated carbocycles. The van der Waals surface area contributed by atoms with Gasteiger partial charge in [0.05, 0.1) is 11.0 Å². The maximum absolute atomic E-state index is 10.8. The van der Waals surface area contributed by atoms with E-state index < -0.39 is 10.6 Å². The Labute approximate surface area is 147 Å². The van der Waals surface area contributed by atoms with Crippen LogP contribution in [0.25, 0.3) is 0 Å². The molecule has 2 heterocycles. The molecule has 1 N–H and O–H groups in total. The van der Waals surface area contributed by atoms with E-state index in [-0.39, 0.29) is 38.3 Å². The molecular weight excluding hydrogens is 423 g/mol. The first-order valence-electron chi connectivity index (χ1n) is 7.50. The van der Waals surface area contributed by atoms with E-state index >= 15 is 0 Å². The van der Waals surface area contributed by atoms with E-state index in [0.717, 1.165) is 12.8 Å². The van der Waals surface area contributed by atoms with Crippen molar-refractivity contribution in [3.8, 4) is 0 Å². The van der Waals surface area contributed by atoms with E-state index in [0.29, 0.717) is 0 Å². The van der Waals surface area contributed by atoms with Gasteiger partial charge in [0, 0.05) is 15.7 Å². The fourth-order valence-corrected chi connectivity index (χ4v) is 7.22. The van der Waals surface area contributed by atoms with E-state index in [4.69, 9.17) is 21.1 Å². The molecule has 4 aliphatic rings. The van der Waals surface area contributed by atoms with Crippen LogP contribution in [0.1, 0.15) is 40.5 Å². The predicted octanol–water partition coefficient (Wildman–Crippen LogP) is 3.58.